The van der Waals surface area contributed by atoms with Gasteiger partial charge in [-0.2, -0.15) is 0 Å². The Kier molecular flexibility index (Phi) is 8.12. The summed E-state index contributed by atoms with van der Waals surface area (Å²) in [7, 11) is 0. The standard InChI is InChI=1S/C29H46O3/c1-20(2)9-7-10-22(4)26-14-15-27-24(11-8-17-28(26,27)6)12-13-25-19-29(31,32-23(5)30)18-16-21(25)3/h12-13,20,22,26-27,31H,3,7-11,14-19H2,1-2,4-6H3/b24-12+,25-13-/t22-,26-,27+,28-,29+/m1/s1. The van der Waals surface area contributed by atoms with Crippen molar-refractivity contribution in [2.45, 2.75) is 111 Å². The molecule has 3 rings (SSSR count). The van der Waals surface area contributed by atoms with Crippen molar-refractivity contribution < 1.29 is 14.6 Å². The van der Waals surface area contributed by atoms with Crippen LogP contribution in [-0.2, 0) is 9.53 Å². The highest BCUT2D eigenvalue weighted by molar-refractivity contribution is 5.66. The molecule has 0 aliphatic heterocycles. The van der Waals surface area contributed by atoms with Gasteiger partial charge in [-0.15, -0.1) is 0 Å². The Morgan fingerprint density at radius 2 is 1.94 bits per heavy atom. The topological polar surface area (TPSA) is 46.5 Å². The molecule has 1 N–H and O–H groups in total. The van der Waals surface area contributed by atoms with Gasteiger partial charge in [0, 0.05) is 19.8 Å². The average molecular weight is 443 g/mol. The largest absolute Gasteiger partial charge is 0.433 e. The zero-order chi connectivity index (χ0) is 23.5. The predicted octanol–water partition coefficient (Wildman–Crippen LogP) is 7.51. The Morgan fingerprint density at radius 3 is 2.62 bits per heavy atom. The minimum atomic E-state index is -1.39. The molecule has 3 fully saturated rings. The fourth-order valence-corrected chi connectivity index (χ4v) is 7.02. The Balaban J connectivity index is 1.72. The molecule has 3 aliphatic carbocycles. The van der Waals surface area contributed by atoms with E-state index in [4.69, 9.17) is 4.74 Å². The van der Waals surface area contributed by atoms with Crippen LogP contribution in [0, 0.1) is 29.1 Å². The molecule has 0 aromatic heterocycles. The molecule has 3 saturated carbocycles. The summed E-state index contributed by atoms with van der Waals surface area (Å²) in [4.78, 5) is 11.4. The van der Waals surface area contributed by atoms with Crippen molar-refractivity contribution in [3.63, 3.8) is 0 Å². The third-order valence-corrected chi connectivity index (χ3v) is 8.74. The van der Waals surface area contributed by atoms with Gasteiger partial charge in [-0.1, -0.05) is 76.8 Å². The Bertz CT molecular complexity index is 760. The molecule has 0 radical (unpaired) electrons. The van der Waals surface area contributed by atoms with Gasteiger partial charge in [0.1, 0.15) is 0 Å². The fraction of sp³-hybridized carbons (Fsp3) is 0.759. The number of ether oxygens (including phenoxy) is 1. The summed E-state index contributed by atoms with van der Waals surface area (Å²) in [5, 5.41) is 10.7. The molecule has 32 heavy (non-hydrogen) atoms. The van der Waals surface area contributed by atoms with Crippen molar-refractivity contribution in [2.75, 3.05) is 0 Å². The molecule has 0 heterocycles. The van der Waals surface area contributed by atoms with Crippen LogP contribution < -0.4 is 0 Å². The maximum Gasteiger partial charge on any atom is 0.305 e. The quantitative estimate of drug-likeness (QED) is 0.328. The van der Waals surface area contributed by atoms with E-state index in [2.05, 4.69) is 46.4 Å². The second-order valence-electron chi connectivity index (χ2n) is 11.7. The highest BCUT2D eigenvalue weighted by atomic mass is 16.7. The molecular weight excluding hydrogens is 396 g/mol. The van der Waals surface area contributed by atoms with Gasteiger partial charge in [0.05, 0.1) is 0 Å². The van der Waals surface area contributed by atoms with Gasteiger partial charge in [0.25, 0.3) is 0 Å². The van der Waals surface area contributed by atoms with E-state index in [9.17, 15) is 9.90 Å². The molecule has 0 saturated heterocycles. The molecule has 0 amide bonds. The van der Waals surface area contributed by atoms with Crippen LogP contribution in [-0.4, -0.2) is 16.9 Å². The number of carbonyl (C=O) groups excluding carboxylic acids is 1. The maximum absolute atomic E-state index is 11.4. The number of fused-ring (bicyclic) bond motifs is 1. The van der Waals surface area contributed by atoms with Crippen LogP contribution in [0.1, 0.15) is 105 Å². The van der Waals surface area contributed by atoms with Gasteiger partial charge in [0.2, 0.25) is 5.79 Å². The van der Waals surface area contributed by atoms with Crippen LogP contribution in [0.2, 0.25) is 0 Å². The smallest absolute Gasteiger partial charge is 0.305 e. The lowest BCUT2D eigenvalue weighted by atomic mass is 9.60. The lowest BCUT2D eigenvalue weighted by Gasteiger charge is -2.44. The number of aliphatic hydroxyl groups is 1. The van der Waals surface area contributed by atoms with Crippen LogP contribution >= 0.6 is 0 Å². The molecular formula is C29H46O3. The van der Waals surface area contributed by atoms with Crippen LogP contribution in [0.15, 0.2) is 35.5 Å². The first-order valence-corrected chi connectivity index (χ1v) is 13.0. The molecule has 3 aliphatic rings. The summed E-state index contributed by atoms with van der Waals surface area (Å²) in [6, 6.07) is 0. The summed E-state index contributed by atoms with van der Waals surface area (Å²) < 4.78 is 5.24. The first kappa shape index (κ1) is 25.3. The minimum Gasteiger partial charge on any atom is -0.433 e. The fourth-order valence-electron chi connectivity index (χ4n) is 7.02. The van der Waals surface area contributed by atoms with E-state index in [1.165, 1.54) is 58.3 Å². The van der Waals surface area contributed by atoms with E-state index in [0.717, 1.165) is 28.9 Å². The van der Waals surface area contributed by atoms with Crippen molar-refractivity contribution in [1.82, 2.24) is 0 Å². The van der Waals surface area contributed by atoms with Crippen LogP contribution in [0.5, 0.6) is 0 Å². The van der Waals surface area contributed by atoms with E-state index in [1.807, 2.05) is 0 Å². The zero-order valence-corrected chi connectivity index (χ0v) is 21.2. The molecule has 0 unspecified atom stereocenters. The first-order chi connectivity index (χ1) is 15.0. The molecule has 3 heteroatoms. The number of allylic oxidation sites excluding steroid dienone is 4. The zero-order valence-electron chi connectivity index (χ0n) is 21.2. The number of esters is 1. The highest BCUT2D eigenvalue weighted by Crippen LogP contribution is 2.60. The van der Waals surface area contributed by atoms with E-state index in [1.54, 1.807) is 5.57 Å². The Labute approximate surface area is 196 Å². The highest BCUT2D eigenvalue weighted by Gasteiger charge is 2.50. The number of hydrogen-bond acceptors (Lipinski definition) is 3. The first-order valence-electron chi connectivity index (χ1n) is 13.0. The Morgan fingerprint density at radius 1 is 1.19 bits per heavy atom. The van der Waals surface area contributed by atoms with Crippen LogP contribution in [0.4, 0.5) is 0 Å². The molecule has 180 valence electrons. The van der Waals surface area contributed by atoms with Crippen molar-refractivity contribution in [3.8, 4) is 0 Å². The summed E-state index contributed by atoms with van der Waals surface area (Å²) in [6.45, 7) is 15.3. The predicted molar refractivity (Wildman–Crippen MR) is 132 cm³/mol. The Hall–Kier alpha value is -1.35. The molecule has 0 spiro atoms. The van der Waals surface area contributed by atoms with E-state index < -0.39 is 11.8 Å². The van der Waals surface area contributed by atoms with Gasteiger partial charge >= 0.3 is 5.97 Å². The molecule has 0 aromatic carbocycles. The third kappa shape index (κ3) is 5.76. The SMILES string of the molecule is C=C1CC[C@](O)(OC(C)=O)C/C1=C/C=C1\CCC[C@]2(C)[C@@H]([C@H](C)CCCC(C)C)CC[C@@H]12. The lowest BCUT2D eigenvalue weighted by Crippen LogP contribution is -2.37. The lowest BCUT2D eigenvalue weighted by molar-refractivity contribution is -0.210. The number of rotatable bonds is 7. The summed E-state index contributed by atoms with van der Waals surface area (Å²) in [6.07, 6.45) is 16.5. The summed E-state index contributed by atoms with van der Waals surface area (Å²) >= 11 is 0. The number of hydrogen-bond donors (Lipinski definition) is 1. The van der Waals surface area contributed by atoms with E-state index in [-0.39, 0.29) is 0 Å². The second-order valence-corrected chi connectivity index (χ2v) is 11.7. The normalized spacial score (nSPS) is 36.5. The molecule has 5 atom stereocenters. The van der Waals surface area contributed by atoms with Gasteiger partial charge in [-0.25, -0.2) is 0 Å². The number of carbonyl (C=O) groups is 1. The molecule has 0 aromatic rings. The molecule has 0 bridgehead atoms. The van der Waals surface area contributed by atoms with Crippen LogP contribution in [0.3, 0.4) is 0 Å². The van der Waals surface area contributed by atoms with Gasteiger partial charge < -0.3 is 9.84 Å². The molecule has 3 nitrogen and oxygen atoms in total. The summed E-state index contributed by atoms with van der Waals surface area (Å²) in [5.41, 5.74) is 4.08. The average Bonchev–Trinajstić information content (AvgIpc) is 3.05. The van der Waals surface area contributed by atoms with Crippen molar-refractivity contribution in [3.05, 3.63) is 35.5 Å². The van der Waals surface area contributed by atoms with Crippen molar-refractivity contribution >= 4 is 5.97 Å². The summed E-state index contributed by atoms with van der Waals surface area (Å²) in [5.74, 6) is 1.30. The van der Waals surface area contributed by atoms with E-state index >= 15 is 0 Å². The van der Waals surface area contributed by atoms with Gasteiger partial charge in [-0.3, -0.25) is 4.79 Å². The van der Waals surface area contributed by atoms with Crippen molar-refractivity contribution in [1.29, 1.82) is 0 Å². The van der Waals surface area contributed by atoms with Gasteiger partial charge in [0.15, 0.2) is 0 Å². The third-order valence-electron chi connectivity index (χ3n) is 8.74. The second kappa shape index (κ2) is 10.3. The van der Waals surface area contributed by atoms with Crippen molar-refractivity contribution in [2.24, 2.45) is 29.1 Å². The van der Waals surface area contributed by atoms with E-state index in [0.29, 0.717) is 30.6 Å². The van der Waals surface area contributed by atoms with Gasteiger partial charge in [-0.05, 0) is 73.2 Å². The van der Waals surface area contributed by atoms with Crippen LogP contribution in [0.25, 0.3) is 0 Å². The maximum atomic E-state index is 11.4. The minimum absolute atomic E-state index is 0.340. The monoisotopic (exact) mass is 442 g/mol.